The average Bonchev–Trinajstić information content (AvgIpc) is 2.76. The highest BCUT2D eigenvalue weighted by atomic mass is 19.4. The summed E-state index contributed by atoms with van der Waals surface area (Å²) in [4.78, 5) is 20.8. The molecule has 1 N–H and O–H groups in total. The lowest BCUT2D eigenvalue weighted by molar-refractivity contribution is -0.174. The Labute approximate surface area is 180 Å². The molecule has 168 valence electrons. The largest absolute Gasteiger partial charge is 0.411 e. The van der Waals surface area contributed by atoms with Crippen LogP contribution in [0, 0.1) is 0 Å². The number of nitrogens with zero attached hydrogens (tertiary/aromatic N) is 3. The molecule has 1 saturated heterocycles. The van der Waals surface area contributed by atoms with E-state index in [2.05, 4.69) is 24.8 Å². The zero-order valence-corrected chi connectivity index (χ0v) is 17.3. The quantitative estimate of drug-likeness (QED) is 0.611. The van der Waals surface area contributed by atoms with Gasteiger partial charge in [-0.25, -0.2) is 0 Å². The lowest BCUT2D eigenvalue weighted by Gasteiger charge is -2.37. The van der Waals surface area contributed by atoms with Crippen molar-refractivity contribution in [3.8, 4) is 0 Å². The molecule has 3 rings (SSSR count). The molecule has 1 amide bonds. The van der Waals surface area contributed by atoms with Crippen LogP contribution in [-0.4, -0.2) is 67.9 Å². The number of para-hydroxylation sites is 2. The number of hydrogen-bond acceptors (Lipinski definition) is 5. The van der Waals surface area contributed by atoms with Crippen LogP contribution >= 0.6 is 0 Å². The number of benzene rings is 1. The molecular weight excluding hydrogens is 409 g/mol. The smallest absolute Gasteiger partial charge is 0.372 e. The Balaban J connectivity index is 1.46. The van der Waals surface area contributed by atoms with Crippen LogP contribution in [-0.2, 0) is 16.0 Å². The number of aromatic nitrogens is 1. The van der Waals surface area contributed by atoms with Crippen LogP contribution in [0.3, 0.4) is 0 Å². The second kappa shape index (κ2) is 11.1. The first kappa shape index (κ1) is 23.0. The molecule has 0 bridgehead atoms. The number of rotatable bonds is 9. The number of nitrogens with one attached hydrogen (secondary N) is 1. The lowest BCUT2D eigenvalue weighted by Crippen LogP contribution is -2.47. The molecule has 6 nitrogen and oxygen atoms in total. The van der Waals surface area contributed by atoms with Gasteiger partial charge in [-0.3, -0.25) is 14.7 Å². The van der Waals surface area contributed by atoms with Crippen molar-refractivity contribution < 1.29 is 22.7 Å². The molecule has 0 aliphatic carbocycles. The highest BCUT2D eigenvalue weighted by Gasteiger charge is 2.27. The maximum absolute atomic E-state index is 12.1. The first-order chi connectivity index (χ1) is 14.9. The molecule has 0 saturated carbocycles. The van der Waals surface area contributed by atoms with Gasteiger partial charge in [-0.1, -0.05) is 12.1 Å². The number of pyridine rings is 1. The van der Waals surface area contributed by atoms with Crippen LogP contribution in [0.25, 0.3) is 0 Å². The van der Waals surface area contributed by atoms with Crippen molar-refractivity contribution in [3.05, 3.63) is 54.4 Å². The number of alkyl halides is 3. The minimum absolute atomic E-state index is 0.132. The Kier molecular flexibility index (Phi) is 8.25. The average molecular weight is 436 g/mol. The van der Waals surface area contributed by atoms with Crippen molar-refractivity contribution in [2.45, 2.75) is 19.0 Å². The number of hydrogen-bond donors (Lipinski definition) is 1. The number of halogens is 3. The number of ether oxygens (including phenoxy) is 1. The molecular formula is C22H27F3N4O2. The van der Waals surface area contributed by atoms with Crippen LogP contribution in [0.5, 0.6) is 0 Å². The van der Waals surface area contributed by atoms with E-state index in [1.165, 1.54) is 5.56 Å². The predicted molar refractivity (Wildman–Crippen MR) is 113 cm³/mol. The third-order valence-electron chi connectivity index (χ3n) is 5.10. The molecule has 1 fully saturated rings. The van der Waals surface area contributed by atoms with Gasteiger partial charge in [0.05, 0.1) is 24.4 Å². The van der Waals surface area contributed by atoms with Crippen molar-refractivity contribution >= 4 is 17.3 Å². The predicted octanol–water partition coefficient (Wildman–Crippen LogP) is 3.35. The van der Waals surface area contributed by atoms with Crippen LogP contribution in [0.15, 0.2) is 48.8 Å². The Bertz CT molecular complexity index is 825. The first-order valence-corrected chi connectivity index (χ1v) is 10.3. The van der Waals surface area contributed by atoms with E-state index in [1.807, 2.05) is 30.3 Å². The summed E-state index contributed by atoms with van der Waals surface area (Å²) in [5.41, 5.74) is 2.85. The highest BCUT2D eigenvalue weighted by Crippen LogP contribution is 2.27. The molecule has 1 aliphatic heterocycles. The SMILES string of the molecule is O=C(CCOCC(F)(F)F)Nc1ccccc1N1CCN(CCc2ccncc2)CC1. The van der Waals surface area contributed by atoms with Crippen LogP contribution < -0.4 is 10.2 Å². The second-order valence-corrected chi connectivity index (χ2v) is 7.42. The Morgan fingerprint density at radius 3 is 2.48 bits per heavy atom. The third kappa shape index (κ3) is 7.84. The van der Waals surface area contributed by atoms with Gasteiger partial charge in [-0.05, 0) is 36.2 Å². The van der Waals surface area contributed by atoms with Crippen molar-refractivity contribution in [1.82, 2.24) is 9.88 Å². The molecule has 9 heteroatoms. The van der Waals surface area contributed by atoms with E-state index in [4.69, 9.17) is 0 Å². The zero-order valence-electron chi connectivity index (χ0n) is 17.3. The first-order valence-electron chi connectivity index (χ1n) is 10.3. The van der Waals surface area contributed by atoms with E-state index in [-0.39, 0.29) is 18.9 Å². The molecule has 0 radical (unpaired) electrons. The number of piperazine rings is 1. The maximum Gasteiger partial charge on any atom is 0.411 e. The molecule has 1 aromatic heterocycles. The summed E-state index contributed by atoms with van der Waals surface area (Å²) in [6, 6.07) is 11.5. The summed E-state index contributed by atoms with van der Waals surface area (Å²) in [7, 11) is 0. The van der Waals surface area contributed by atoms with Crippen LogP contribution in [0.1, 0.15) is 12.0 Å². The van der Waals surface area contributed by atoms with Gasteiger partial charge in [0.25, 0.3) is 0 Å². The van der Waals surface area contributed by atoms with Crippen LogP contribution in [0.4, 0.5) is 24.5 Å². The normalized spacial score (nSPS) is 15.1. The van der Waals surface area contributed by atoms with Gasteiger partial charge in [-0.2, -0.15) is 13.2 Å². The maximum atomic E-state index is 12.1. The molecule has 1 aliphatic rings. The molecule has 2 heterocycles. The van der Waals surface area contributed by atoms with E-state index in [9.17, 15) is 18.0 Å². The molecule has 2 aromatic rings. The number of anilines is 2. The van der Waals surface area contributed by atoms with Crippen LogP contribution in [0.2, 0.25) is 0 Å². The second-order valence-electron chi connectivity index (χ2n) is 7.42. The van der Waals surface area contributed by atoms with Gasteiger partial charge in [0, 0.05) is 45.1 Å². The minimum Gasteiger partial charge on any atom is -0.372 e. The molecule has 0 spiro atoms. The van der Waals surface area contributed by atoms with E-state index >= 15 is 0 Å². The number of carbonyl (C=O) groups is 1. The summed E-state index contributed by atoms with van der Waals surface area (Å²) in [6.45, 7) is 2.85. The Morgan fingerprint density at radius 1 is 1.06 bits per heavy atom. The van der Waals surface area contributed by atoms with E-state index < -0.39 is 12.8 Å². The summed E-state index contributed by atoms with van der Waals surface area (Å²) in [5.74, 6) is -0.370. The van der Waals surface area contributed by atoms with E-state index in [0.29, 0.717) is 5.69 Å². The van der Waals surface area contributed by atoms with Gasteiger partial charge >= 0.3 is 6.18 Å². The number of carbonyl (C=O) groups excluding carboxylic acids is 1. The molecule has 0 atom stereocenters. The lowest BCUT2D eigenvalue weighted by atomic mass is 10.1. The Hall–Kier alpha value is -2.65. The monoisotopic (exact) mass is 436 g/mol. The van der Waals surface area contributed by atoms with Crippen molar-refractivity contribution in [3.63, 3.8) is 0 Å². The van der Waals surface area contributed by atoms with Crippen molar-refractivity contribution in [2.24, 2.45) is 0 Å². The molecule has 1 aromatic carbocycles. The summed E-state index contributed by atoms with van der Waals surface area (Å²) in [6.07, 6.45) is 0.0736. The summed E-state index contributed by atoms with van der Waals surface area (Å²) >= 11 is 0. The fraction of sp³-hybridized carbons (Fsp3) is 0.455. The summed E-state index contributed by atoms with van der Waals surface area (Å²) in [5, 5.41) is 2.80. The fourth-order valence-corrected chi connectivity index (χ4v) is 3.47. The standard InChI is InChI=1S/C22H27F3N4O2/c23-22(24,25)17-31-16-8-21(30)27-19-3-1-2-4-20(19)29-14-12-28(13-15-29)11-7-18-5-9-26-10-6-18/h1-6,9-10H,7-8,11-17H2,(H,27,30). The zero-order chi connectivity index (χ0) is 22.1. The van der Waals surface area contributed by atoms with Gasteiger partial charge in [-0.15, -0.1) is 0 Å². The summed E-state index contributed by atoms with van der Waals surface area (Å²) < 4.78 is 40.8. The van der Waals surface area contributed by atoms with E-state index in [0.717, 1.165) is 44.8 Å². The van der Waals surface area contributed by atoms with Crippen molar-refractivity contribution in [2.75, 3.05) is 56.2 Å². The topological polar surface area (TPSA) is 57.7 Å². The van der Waals surface area contributed by atoms with E-state index in [1.54, 1.807) is 18.5 Å². The Morgan fingerprint density at radius 2 is 1.77 bits per heavy atom. The van der Waals surface area contributed by atoms with Gasteiger partial charge in [0.15, 0.2) is 0 Å². The van der Waals surface area contributed by atoms with Gasteiger partial charge in [0.1, 0.15) is 6.61 Å². The molecule has 31 heavy (non-hydrogen) atoms. The van der Waals surface area contributed by atoms with Gasteiger partial charge in [0.2, 0.25) is 5.91 Å². The minimum atomic E-state index is -4.39. The van der Waals surface area contributed by atoms with Crippen molar-refractivity contribution in [1.29, 1.82) is 0 Å². The molecule has 0 unspecified atom stereocenters. The van der Waals surface area contributed by atoms with Gasteiger partial charge < -0.3 is 15.0 Å². The highest BCUT2D eigenvalue weighted by molar-refractivity contribution is 5.94. The number of amides is 1. The third-order valence-corrected chi connectivity index (χ3v) is 5.10. The fourth-order valence-electron chi connectivity index (χ4n) is 3.47.